The molecule has 4 nitrogen and oxygen atoms in total. The van der Waals surface area contributed by atoms with E-state index >= 15 is 0 Å². The van der Waals surface area contributed by atoms with Crippen molar-refractivity contribution in [2.75, 3.05) is 26.8 Å². The van der Waals surface area contributed by atoms with Crippen molar-refractivity contribution < 1.29 is 9.53 Å². The van der Waals surface area contributed by atoms with Crippen LogP contribution in [0.15, 0.2) is 0 Å². The minimum atomic E-state index is -0.281. The first-order valence-electron chi connectivity index (χ1n) is 7.65. The van der Waals surface area contributed by atoms with Crippen molar-refractivity contribution in [2.45, 2.75) is 51.5 Å². The van der Waals surface area contributed by atoms with Crippen molar-refractivity contribution in [3.63, 3.8) is 0 Å². The van der Waals surface area contributed by atoms with Gasteiger partial charge in [-0.05, 0) is 38.5 Å². The third-order valence-corrected chi connectivity index (χ3v) is 5.00. The topological polar surface area (TPSA) is 55.6 Å². The lowest BCUT2D eigenvalue weighted by atomic mass is 9.84. The summed E-state index contributed by atoms with van der Waals surface area (Å²) in [6.45, 7) is 4.00. The molecular formula is C15H28N2O2. The summed E-state index contributed by atoms with van der Waals surface area (Å²) < 4.78 is 5.18. The molecule has 0 heterocycles. The van der Waals surface area contributed by atoms with Crippen LogP contribution >= 0.6 is 0 Å². The Balaban J connectivity index is 2.08. The van der Waals surface area contributed by atoms with E-state index in [9.17, 15) is 4.79 Å². The third-order valence-electron chi connectivity index (χ3n) is 5.00. The van der Waals surface area contributed by atoms with Gasteiger partial charge in [0.25, 0.3) is 0 Å². The minimum absolute atomic E-state index is 0.281. The summed E-state index contributed by atoms with van der Waals surface area (Å²) in [6.07, 6.45) is 6.71. The van der Waals surface area contributed by atoms with Crippen molar-refractivity contribution in [3.05, 3.63) is 0 Å². The molecule has 1 unspecified atom stereocenters. The van der Waals surface area contributed by atoms with Crippen molar-refractivity contribution in [1.82, 2.24) is 4.90 Å². The molecular weight excluding hydrogens is 240 g/mol. The van der Waals surface area contributed by atoms with Crippen LogP contribution in [0.4, 0.5) is 0 Å². The van der Waals surface area contributed by atoms with Crippen molar-refractivity contribution in [2.24, 2.45) is 17.1 Å². The maximum absolute atomic E-state index is 13.0. The fourth-order valence-corrected chi connectivity index (χ4v) is 3.37. The normalized spacial score (nSPS) is 23.3. The molecule has 0 aromatic carbocycles. The van der Waals surface area contributed by atoms with E-state index in [1.807, 2.05) is 0 Å². The van der Waals surface area contributed by atoms with Gasteiger partial charge in [0.15, 0.2) is 0 Å². The van der Waals surface area contributed by atoms with E-state index in [4.69, 9.17) is 10.5 Å². The monoisotopic (exact) mass is 268 g/mol. The molecule has 2 fully saturated rings. The molecule has 0 aromatic rings. The van der Waals surface area contributed by atoms with Gasteiger partial charge in [0, 0.05) is 26.2 Å². The fraction of sp³-hybridized carbons (Fsp3) is 0.933. The second kappa shape index (κ2) is 6.23. The molecule has 4 heteroatoms. The van der Waals surface area contributed by atoms with Crippen LogP contribution in [-0.4, -0.2) is 43.7 Å². The largest absolute Gasteiger partial charge is 0.383 e. The zero-order valence-electron chi connectivity index (χ0n) is 12.4. The molecule has 1 atom stereocenters. The average molecular weight is 268 g/mol. The second-order valence-corrected chi connectivity index (χ2v) is 6.26. The highest BCUT2D eigenvalue weighted by molar-refractivity contribution is 5.83. The van der Waals surface area contributed by atoms with Gasteiger partial charge in [-0.1, -0.05) is 12.8 Å². The molecule has 0 aliphatic heterocycles. The molecule has 0 saturated heterocycles. The molecule has 1 amide bonds. The molecule has 0 bridgehead atoms. The van der Waals surface area contributed by atoms with Gasteiger partial charge in [-0.2, -0.15) is 0 Å². The standard InChI is InChI=1S/C15H28N2O2/c1-12(13-5-6-13)17(9-10-19-2)14(18)15(11-16)7-3-4-8-15/h12-13H,3-11,16H2,1-2H3. The lowest BCUT2D eigenvalue weighted by Gasteiger charge is -2.37. The Kier molecular flexibility index (Phi) is 4.85. The smallest absolute Gasteiger partial charge is 0.230 e. The predicted molar refractivity (Wildman–Crippen MR) is 75.7 cm³/mol. The third kappa shape index (κ3) is 3.11. The van der Waals surface area contributed by atoms with Crippen LogP contribution < -0.4 is 5.73 Å². The number of ether oxygens (including phenoxy) is 1. The van der Waals surface area contributed by atoms with Crippen molar-refractivity contribution in [3.8, 4) is 0 Å². The van der Waals surface area contributed by atoms with Gasteiger partial charge in [0.2, 0.25) is 5.91 Å². The fourth-order valence-electron chi connectivity index (χ4n) is 3.37. The van der Waals surface area contributed by atoms with Crippen LogP contribution in [0.25, 0.3) is 0 Å². The molecule has 2 rings (SSSR count). The quantitative estimate of drug-likeness (QED) is 0.765. The molecule has 2 N–H and O–H groups in total. The summed E-state index contributed by atoms with van der Waals surface area (Å²) in [5, 5.41) is 0. The Morgan fingerprint density at radius 1 is 1.42 bits per heavy atom. The molecule has 2 aliphatic rings. The van der Waals surface area contributed by atoms with Gasteiger partial charge in [0.1, 0.15) is 0 Å². The number of carbonyl (C=O) groups excluding carboxylic acids is 1. The van der Waals surface area contributed by atoms with Crippen molar-refractivity contribution in [1.29, 1.82) is 0 Å². The number of amides is 1. The van der Waals surface area contributed by atoms with Gasteiger partial charge in [-0.15, -0.1) is 0 Å². The van der Waals surface area contributed by atoms with Gasteiger partial charge >= 0.3 is 0 Å². The molecule has 110 valence electrons. The Hall–Kier alpha value is -0.610. The summed E-state index contributed by atoms with van der Waals surface area (Å²) in [4.78, 5) is 15.0. The van der Waals surface area contributed by atoms with Crippen LogP contribution in [0.3, 0.4) is 0 Å². The first-order valence-corrected chi connectivity index (χ1v) is 7.65. The number of hydrogen-bond acceptors (Lipinski definition) is 3. The zero-order valence-corrected chi connectivity index (χ0v) is 12.4. The van der Waals surface area contributed by atoms with Crippen molar-refractivity contribution >= 4 is 5.91 Å². The zero-order chi connectivity index (χ0) is 13.9. The van der Waals surface area contributed by atoms with Gasteiger partial charge < -0.3 is 15.4 Å². The molecule has 0 radical (unpaired) electrons. The Morgan fingerprint density at radius 3 is 2.53 bits per heavy atom. The maximum atomic E-state index is 13.0. The van der Waals surface area contributed by atoms with E-state index in [-0.39, 0.29) is 11.3 Å². The number of hydrogen-bond donors (Lipinski definition) is 1. The number of nitrogens with zero attached hydrogens (tertiary/aromatic N) is 1. The van der Waals surface area contributed by atoms with Crippen LogP contribution in [0.1, 0.15) is 45.4 Å². The first kappa shape index (κ1) is 14.8. The van der Waals surface area contributed by atoms with E-state index in [0.29, 0.717) is 31.7 Å². The second-order valence-electron chi connectivity index (χ2n) is 6.26. The highest BCUT2D eigenvalue weighted by Gasteiger charge is 2.45. The van der Waals surface area contributed by atoms with E-state index in [1.54, 1.807) is 7.11 Å². The summed E-state index contributed by atoms with van der Waals surface area (Å²) >= 11 is 0. The predicted octanol–water partition coefficient (Wildman–Crippen LogP) is 1.78. The molecule has 0 aromatic heterocycles. The molecule has 19 heavy (non-hydrogen) atoms. The van der Waals surface area contributed by atoms with Gasteiger partial charge in [-0.3, -0.25) is 4.79 Å². The lowest BCUT2D eigenvalue weighted by molar-refractivity contribution is -0.144. The molecule has 2 saturated carbocycles. The summed E-state index contributed by atoms with van der Waals surface area (Å²) in [5.74, 6) is 0.973. The van der Waals surface area contributed by atoms with E-state index in [2.05, 4.69) is 11.8 Å². The van der Waals surface area contributed by atoms with E-state index in [1.165, 1.54) is 12.8 Å². The number of nitrogens with two attached hydrogens (primary N) is 1. The summed E-state index contributed by atoms with van der Waals surface area (Å²) in [7, 11) is 1.69. The molecule has 2 aliphatic carbocycles. The van der Waals surface area contributed by atoms with E-state index in [0.717, 1.165) is 25.7 Å². The van der Waals surface area contributed by atoms with Crippen LogP contribution in [-0.2, 0) is 9.53 Å². The number of rotatable bonds is 7. The Bertz CT molecular complexity index is 309. The average Bonchev–Trinajstić information content (AvgIpc) is 3.16. The minimum Gasteiger partial charge on any atom is -0.383 e. The summed E-state index contributed by atoms with van der Waals surface area (Å²) in [5.41, 5.74) is 5.67. The maximum Gasteiger partial charge on any atom is 0.230 e. The Morgan fingerprint density at radius 2 is 2.05 bits per heavy atom. The van der Waals surface area contributed by atoms with Crippen LogP contribution in [0.5, 0.6) is 0 Å². The highest BCUT2D eigenvalue weighted by atomic mass is 16.5. The SMILES string of the molecule is COCCN(C(=O)C1(CN)CCCC1)C(C)C1CC1. The lowest BCUT2D eigenvalue weighted by Crippen LogP contribution is -2.51. The molecule has 0 spiro atoms. The number of methoxy groups -OCH3 is 1. The van der Waals surface area contributed by atoms with Gasteiger partial charge in [0.05, 0.1) is 12.0 Å². The van der Waals surface area contributed by atoms with Crippen LogP contribution in [0, 0.1) is 11.3 Å². The Labute approximate surface area is 116 Å². The first-order chi connectivity index (χ1) is 9.14. The highest BCUT2D eigenvalue weighted by Crippen LogP contribution is 2.41. The summed E-state index contributed by atoms with van der Waals surface area (Å²) in [6, 6.07) is 0.340. The van der Waals surface area contributed by atoms with Gasteiger partial charge in [-0.25, -0.2) is 0 Å². The van der Waals surface area contributed by atoms with Crippen LogP contribution in [0.2, 0.25) is 0 Å². The number of carbonyl (C=O) groups is 1. The van der Waals surface area contributed by atoms with E-state index < -0.39 is 0 Å².